The Labute approximate surface area is 128 Å². The fourth-order valence-corrected chi connectivity index (χ4v) is 4.50. The van der Waals surface area contributed by atoms with Crippen LogP contribution in [0.3, 0.4) is 0 Å². The Hall–Kier alpha value is -1.33. The van der Waals surface area contributed by atoms with E-state index in [-0.39, 0.29) is 0 Å². The first-order valence-corrected chi connectivity index (χ1v) is 8.00. The maximum Gasteiger partial charge on any atom is 0.0991 e. The summed E-state index contributed by atoms with van der Waals surface area (Å²) in [5.74, 6) is 0.814. The van der Waals surface area contributed by atoms with Gasteiger partial charge in [-0.05, 0) is 66.2 Å². The largest absolute Gasteiger partial charge is 0.373 e. The Morgan fingerprint density at radius 3 is 2.62 bits per heavy atom. The molecule has 3 unspecified atom stereocenters. The van der Waals surface area contributed by atoms with Gasteiger partial charge in [-0.1, -0.05) is 26.8 Å². The molecule has 1 aromatic rings. The number of aryl methyl sites for hydroxylation is 1. The van der Waals surface area contributed by atoms with Gasteiger partial charge in [0.05, 0.1) is 24.3 Å². The molecule has 2 nitrogen and oxygen atoms in total. The molecule has 1 aromatic carbocycles. The van der Waals surface area contributed by atoms with Crippen LogP contribution in [0.25, 0.3) is 0 Å². The zero-order chi connectivity index (χ0) is 15.3. The predicted octanol–water partition coefficient (Wildman–Crippen LogP) is 4.60. The van der Waals surface area contributed by atoms with Gasteiger partial charge in [0.25, 0.3) is 0 Å². The lowest BCUT2D eigenvalue weighted by Crippen LogP contribution is -2.37. The Balaban J connectivity index is 1.71. The highest BCUT2D eigenvalue weighted by Gasteiger charge is 2.61. The second-order valence-corrected chi connectivity index (χ2v) is 7.66. The molecule has 2 saturated carbocycles. The van der Waals surface area contributed by atoms with Gasteiger partial charge in [-0.25, -0.2) is 0 Å². The first-order valence-electron chi connectivity index (χ1n) is 8.00. The molecule has 2 aliphatic rings. The van der Waals surface area contributed by atoms with Crippen molar-refractivity contribution in [1.29, 1.82) is 5.26 Å². The lowest BCUT2D eigenvalue weighted by Gasteiger charge is -2.39. The van der Waals surface area contributed by atoms with Crippen molar-refractivity contribution in [1.82, 2.24) is 0 Å². The summed E-state index contributed by atoms with van der Waals surface area (Å²) in [6.07, 6.45) is 4.24. The summed E-state index contributed by atoms with van der Waals surface area (Å²) >= 11 is 0. The van der Waals surface area contributed by atoms with Crippen LogP contribution in [0.5, 0.6) is 0 Å². The second-order valence-electron chi connectivity index (χ2n) is 7.66. The topological polar surface area (TPSA) is 33.0 Å². The number of rotatable bonds is 3. The van der Waals surface area contributed by atoms with E-state index in [2.05, 4.69) is 33.8 Å². The molecule has 0 radical (unpaired) electrons. The van der Waals surface area contributed by atoms with Gasteiger partial charge in [-0.15, -0.1) is 0 Å². The average Bonchev–Trinajstić information content (AvgIpc) is 2.78. The van der Waals surface area contributed by atoms with Crippen molar-refractivity contribution in [3.05, 3.63) is 34.9 Å². The predicted molar refractivity (Wildman–Crippen MR) is 83.7 cm³/mol. The van der Waals surface area contributed by atoms with E-state index in [1.54, 1.807) is 0 Å². The molecular formula is C19H25NO. The van der Waals surface area contributed by atoms with Gasteiger partial charge in [0.15, 0.2) is 0 Å². The highest BCUT2D eigenvalue weighted by molar-refractivity contribution is 5.37. The number of nitriles is 1. The molecule has 2 heteroatoms. The van der Waals surface area contributed by atoms with Crippen LogP contribution in [0.15, 0.2) is 18.2 Å². The maximum atomic E-state index is 8.94. The zero-order valence-electron chi connectivity index (χ0n) is 13.6. The lowest BCUT2D eigenvalue weighted by atomic mass is 9.70. The SMILES string of the molecule is Cc1cc(C#N)ccc1COC1CC2CCC1(C)C2(C)C. The first kappa shape index (κ1) is 14.6. The normalized spacial score (nSPS) is 33.1. The van der Waals surface area contributed by atoms with E-state index in [1.165, 1.54) is 24.8 Å². The second kappa shape index (κ2) is 4.85. The van der Waals surface area contributed by atoms with Crippen molar-refractivity contribution in [3.63, 3.8) is 0 Å². The minimum atomic E-state index is 0.318. The van der Waals surface area contributed by atoms with Crippen LogP contribution in [-0.2, 0) is 11.3 Å². The molecule has 0 amide bonds. The maximum absolute atomic E-state index is 8.94. The third kappa shape index (κ3) is 2.10. The van der Waals surface area contributed by atoms with E-state index in [9.17, 15) is 0 Å². The molecule has 2 bridgehead atoms. The molecule has 2 aliphatic carbocycles. The standard InChI is InChI=1S/C19H25NO/c1-13-9-14(11-20)5-6-15(13)12-21-17-10-16-7-8-19(17,4)18(16,2)3/h5-6,9,16-17H,7-8,10,12H2,1-4H3. The highest BCUT2D eigenvalue weighted by Crippen LogP contribution is 2.66. The van der Waals surface area contributed by atoms with E-state index in [0.29, 0.717) is 23.5 Å². The summed E-state index contributed by atoms with van der Waals surface area (Å²) in [4.78, 5) is 0. The molecule has 21 heavy (non-hydrogen) atoms. The summed E-state index contributed by atoms with van der Waals surface area (Å²) in [5, 5.41) is 8.94. The van der Waals surface area contributed by atoms with Gasteiger partial charge in [0, 0.05) is 0 Å². The smallest absolute Gasteiger partial charge is 0.0991 e. The molecule has 0 heterocycles. The van der Waals surface area contributed by atoms with Crippen LogP contribution in [0.1, 0.15) is 56.7 Å². The fourth-order valence-electron chi connectivity index (χ4n) is 4.50. The first-order chi connectivity index (χ1) is 9.88. The van der Waals surface area contributed by atoms with Crippen LogP contribution in [0.2, 0.25) is 0 Å². The number of fused-ring (bicyclic) bond motifs is 2. The molecule has 3 rings (SSSR count). The van der Waals surface area contributed by atoms with Crippen LogP contribution in [-0.4, -0.2) is 6.10 Å². The minimum Gasteiger partial charge on any atom is -0.373 e. The average molecular weight is 283 g/mol. The van der Waals surface area contributed by atoms with Gasteiger partial charge >= 0.3 is 0 Å². The van der Waals surface area contributed by atoms with Crippen molar-refractivity contribution < 1.29 is 4.74 Å². The van der Waals surface area contributed by atoms with Gasteiger partial charge in [0.2, 0.25) is 0 Å². The molecule has 2 fully saturated rings. The number of benzene rings is 1. The van der Waals surface area contributed by atoms with Crippen LogP contribution in [0.4, 0.5) is 0 Å². The van der Waals surface area contributed by atoms with Gasteiger partial charge in [-0.3, -0.25) is 0 Å². The van der Waals surface area contributed by atoms with Crippen molar-refractivity contribution >= 4 is 0 Å². The Kier molecular flexibility index (Phi) is 3.37. The molecule has 0 spiro atoms. The van der Waals surface area contributed by atoms with Crippen molar-refractivity contribution in [2.45, 2.75) is 59.7 Å². The van der Waals surface area contributed by atoms with E-state index in [1.807, 2.05) is 18.2 Å². The zero-order valence-corrected chi connectivity index (χ0v) is 13.6. The molecule has 0 aromatic heterocycles. The van der Waals surface area contributed by atoms with E-state index >= 15 is 0 Å². The Morgan fingerprint density at radius 1 is 1.33 bits per heavy atom. The van der Waals surface area contributed by atoms with Gasteiger partial charge in [-0.2, -0.15) is 5.26 Å². The van der Waals surface area contributed by atoms with E-state index < -0.39 is 0 Å². The molecule has 112 valence electrons. The minimum absolute atomic E-state index is 0.318. The lowest BCUT2D eigenvalue weighted by molar-refractivity contribution is -0.0551. The summed E-state index contributed by atoms with van der Waals surface area (Å²) in [7, 11) is 0. The Morgan fingerprint density at radius 2 is 2.10 bits per heavy atom. The van der Waals surface area contributed by atoms with E-state index in [4.69, 9.17) is 10.00 Å². The Bertz CT molecular complexity index is 598. The molecular weight excluding hydrogens is 258 g/mol. The summed E-state index contributed by atoms with van der Waals surface area (Å²) in [6, 6.07) is 8.06. The third-order valence-corrected chi connectivity index (χ3v) is 6.63. The fraction of sp³-hybridized carbons (Fsp3) is 0.632. The quantitative estimate of drug-likeness (QED) is 0.812. The number of hydrogen-bond acceptors (Lipinski definition) is 2. The highest BCUT2D eigenvalue weighted by atomic mass is 16.5. The molecule has 3 atom stereocenters. The van der Waals surface area contributed by atoms with E-state index in [0.717, 1.165) is 17.0 Å². The molecule has 0 saturated heterocycles. The van der Waals surface area contributed by atoms with Crippen LogP contribution in [0, 0.1) is 35.0 Å². The monoisotopic (exact) mass is 283 g/mol. The number of hydrogen-bond donors (Lipinski definition) is 0. The van der Waals surface area contributed by atoms with Gasteiger partial charge in [0.1, 0.15) is 0 Å². The van der Waals surface area contributed by atoms with Crippen LogP contribution < -0.4 is 0 Å². The molecule has 0 N–H and O–H groups in total. The summed E-state index contributed by atoms with van der Waals surface area (Å²) in [6.45, 7) is 9.98. The third-order valence-electron chi connectivity index (χ3n) is 6.63. The van der Waals surface area contributed by atoms with Crippen LogP contribution >= 0.6 is 0 Å². The van der Waals surface area contributed by atoms with Crippen molar-refractivity contribution in [2.24, 2.45) is 16.7 Å². The summed E-state index contributed by atoms with van der Waals surface area (Å²) < 4.78 is 6.33. The number of ether oxygens (including phenoxy) is 1. The number of nitrogens with zero attached hydrogens (tertiary/aromatic N) is 1. The van der Waals surface area contributed by atoms with Crippen molar-refractivity contribution in [2.75, 3.05) is 0 Å². The van der Waals surface area contributed by atoms with Gasteiger partial charge < -0.3 is 4.74 Å². The molecule has 0 aliphatic heterocycles. The summed E-state index contributed by atoms with van der Waals surface area (Å²) in [5.41, 5.74) is 3.80. The van der Waals surface area contributed by atoms with Crippen molar-refractivity contribution in [3.8, 4) is 6.07 Å².